The SMILES string of the molecule is CCc1ccc(OCCNC(=O)CCc2ccc(F)cc2)cc1. The maximum absolute atomic E-state index is 12.8. The second-order valence-corrected chi connectivity index (χ2v) is 5.32. The fourth-order valence-electron chi connectivity index (χ4n) is 2.18. The van der Waals surface area contributed by atoms with Crippen molar-refractivity contribution in [2.75, 3.05) is 13.2 Å². The fraction of sp³-hybridized carbons (Fsp3) is 0.316. The van der Waals surface area contributed by atoms with Gasteiger partial charge in [-0.25, -0.2) is 4.39 Å². The Bertz CT molecular complexity index is 608. The molecule has 0 saturated heterocycles. The third-order valence-corrected chi connectivity index (χ3v) is 3.58. The van der Waals surface area contributed by atoms with E-state index in [9.17, 15) is 9.18 Å². The van der Waals surface area contributed by atoms with E-state index < -0.39 is 0 Å². The lowest BCUT2D eigenvalue weighted by atomic mass is 10.1. The van der Waals surface area contributed by atoms with Gasteiger partial charge in [0.2, 0.25) is 5.91 Å². The van der Waals surface area contributed by atoms with Crippen LogP contribution in [0.3, 0.4) is 0 Å². The lowest BCUT2D eigenvalue weighted by molar-refractivity contribution is -0.121. The number of ether oxygens (including phenoxy) is 1. The van der Waals surface area contributed by atoms with Crippen molar-refractivity contribution in [3.8, 4) is 5.75 Å². The molecular formula is C19H22FNO2. The molecule has 23 heavy (non-hydrogen) atoms. The van der Waals surface area contributed by atoms with E-state index in [0.717, 1.165) is 17.7 Å². The predicted octanol–water partition coefficient (Wildman–Crippen LogP) is 3.52. The normalized spacial score (nSPS) is 10.3. The summed E-state index contributed by atoms with van der Waals surface area (Å²) in [5.74, 6) is 0.518. The van der Waals surface area contributed by atoms with Crippen LogP contribution in [0.15, 0.2) is 48.5 Å². The minimum atomic E-state index is -0.262. The molecule has 2 aromatic rings. The number of nitrogens with one attached hydrogen (secondary N) is 1. The maximum Gasteiger partial charge on any atom is 0.220 e. The van der Waals surface area contributed by atoms with Gasteiger partial charge < -0.3 is 10.1 Å². The Morgan fingerprint density at radius 3 is 2.35 bits per heavy atom. The van der Waals surface area contributed by atoms with Gasteiger partial charge in [0.15, 0.2) is 0 Å². The molecule has 0 bridgehead atoms. The largest absolute Gasteiger partial charge is 0.492 e. The van der Waals surface area contributed by atoms with Crippen molar-refractivity contribution < 1.29 is 13.9 Å². The summed E-state index contributed by atoms with van der Waals surface area (Å²) in [6, 6.07) is 14.2. The standard InChI is InChI=1S/C19H22FNO2/c1-2-15-5-10-18(11-6-15)23-14-13-21-19(22)12-7-16-3-8-17(20)9-4-16/h3-6,8-11H,2,7,12-14H2,1H3,(H,21,22). The molecule has 3 nitrogen and oxygen atoms in total. The van der Waals surface area contributed by atoms with Crippen molar-refractivity contribution in [1.82, 2.24) is 5.32 Å². The summed E-state index contributed by atoms with van der Waals surface area (Å²) in [6.07, 6.45) is 1.99. The van der Waals surface area contributed by atoms with Crippen LogP contribution in [0.4, 0.5) is 4.39 Å². The smallest absolute Gasteiger partial charge is 0.220 e. The Morgan fingerprint density at radius 2 is 1.70 bits per heavy atom. The molecule has 0 aliphatic heterocycles. The van der Waals surface area contributed by atoms with Crippen LogP contribution >= 0.6 is 0 Å². The third-order valence-electron chi connectivity index (χ3n) is 3.58. The van der Waals surface area contributed by atoms with Crippen molar-refractivity contribution >= 4 is 5.91 Å². The van der Waals surface area contributed by atoms with Gasteiger partial charge in [0.05, 0.1) is 6.54 Å². The summed E-state index contributed by atoms with van der Waals surface area (Å²) in [5, 5.41) is 2.82. The van der Waals surface area contributed by atoms with Crippen LogP contribution in [-0.2, 0) is 17.6 Å². The quantitative estimate of drug-likeness (QED) is 0.757. The average molecular weight is 315 g/mol. The number of amides is 1. The van der Waals surface area contributed by atoms with Gasteiger partial charge in [-0.3, -0.25) is 4.79 Å². The second-order valence-electron chi connectivity index (χ2n) is 5.32. The highest BCUT2D eigenvalue weighted by atomic mass is 19.1. The summed E-state index contributed by atoms with van der Waals surface area (Å²) in [6.45, 7) is 3.02. The lowest BCUT2D eigenvalue weighted by Crippen LogP contribution is -2.28. The molecule has 0 atom stereocenters. The molecule has 0 fully saturated rings. The van der Waals surface area contributed by atoms with Crippen molar-refractivity contribution in [2.24, 2.45) is 0 Å². The van der Waals surface area contributed by atoms with Crippen LogP contribution in [-0.4, -0.2) is 19.1 Å². The number of hydrogen-bond donors (Lipinski definition) is 1. The first-order valence-corrected chi connectivity index (χ1v) is 7.90. The van der Waals surface area contributed by atoms with Crippen LogP contribution in [0, 0.1) is 5.82 Å². The Labute approximate surface area is 136 Å². The predicted molar refractivity (Wildman–Crippen MR) is 89.0 cm³/mol. The summed E-state index contributed by atoms with van der Waals surface area (Å²) in [5.41, 5.74) is 2.22. The summed E-state index contributed by atoms with van der Waals surface area (Å²) in [4.78, 5) is 11.7. The average Bonchev–Trinajstić information content (AvgIpc) is 2.59. The maximum atomic E-state index is 12.8. The number of hydrogen-bond acceptors (Lipinski definition) is 2. The van der Waals surface area contributed by atoms with Crippen molar-refractivity contribution in [2.45, 2.75) is 26.2 Å². The van der Waals surface area contributed by atoms with E-state index in [1.54, 1.807) is 12.1 Å². The second kappa shape index (κ2) is 8.93. The molecule has 0 aliphatic rings. The molecule has 4 heteroatoms. The number of rotatable bonds is 8. The van der Waals surface area contributed by atoms with Crippen molar-refractivity contribution in [3.63, 3.8) is 0 Å². The van der Waals surface area contributed by atoms with E-state index >= 15 is 0 Å². The topological polar surface area (TPSA) is 38.3 Å². The van der Waals surface area contributed by atoms with E-state index in [1.807, 2.05) is 24.3 Å². The molecule has 1 N–H and O–H groups in total. The van der Waals surface area contributed by atoms with Crippen molar-refractivity contribution in [1.29, 1.82) is 0 Å². The van der Waals surface area contributed by atoms with Gasteiger partial charge in [-0.2, -0.15) is 0 Å². The summed E-state index contributed by atoms with van der Waals surface area (Å²) in [7, 11) is 0. The first-order valence-electron chi connectivity index (χ1n) is 7.90. The molecule has 2 rings (SSSR count). The van der Waals surface area contributed by atoms with Gasteiger partial charge >= 0.3 is 0 Å². The van der Waals surface area contributed by atoms with Gasteiger partial charge in [0.25, 0.3) is 0 Å². The lowest BCUT2D eigenvalue weighted by Gasteiger charge is -2.08. The van der Waals surface area contributed by atoms with Gasteiger partial charge in [0.1, 0.15) is 18.2 Å². The highest BCUT2D eigenvalue weighted by Crippen LogP contribution is 2.12. The summed E-state index contributed by atoms with van der Waals surface area (Å²) >= 11 is 0. The zero-order chi connectivity index (χ0) is 16.5. The van der Waals surface area contributed by atoms with E-state index in [2.05, 4.69) is 12.2 Å². The van der Waals surface area contributed by atoms with E-state index in [0.29, 0.717) is 26.0 Å². The number of aryl methyl sites for hydroxylation is 2. The summed E-state index contributed by atoms with van der Waals surface area (Å²) < 4.78 is 18.4. The fourth-order valence-corrected chi connectivity index (χ4v) is 2.18. The highest BCUT2D eigenvalue weighted by Gasteiger charge is 2.02. The number of carbonyl (C=O) groups excluding carboxylic acids is 1. The van der Waals surface area contributed by atoms with Crippen LogP contribution in [0.1, 0.15) is 24.5 Å². The van der Waals surface area contributed by atoms with Crippen LogP contribution in [0.2, 0.25) is 0 Å². The van der Waals surface area contributed by atoms with Crippen LogP contribution in [0.25, 0.3) is 0 Å². The molecule has 0 aliphatic carbocycles. The zero-order valence-electron chi connectivity index (χ0n) is 13.3. The molecule has 0 spiro atoms. The molecule has 0 saturated carbocycles. The molecule has 2 aromatic carbocycles. The zero-order valence-corrected chi connectivity index (χ0v) is 13.3. The van der Waals surface area contributed by atoms with E-state index in [-0.39, 0.29) is 11.7 Å². The van der Waals surface area contributed by atoms with Crippen LogP contribution in [0.5, 0.6) is 5.75 Å². The van der Waals surface area contributed by atoms with Gasteiger partial charge in [0, 0.05) is 6.42 Å². The Morgan fingerprint density at radius 1 is 1.04 bits per heavy atom. The molecule has 0 unspecified atom stereocenters. The number of benzene rings is 2. The number of carbonyl (C=O) groups is 1. The molecule has 0 radical (unpaired) electrons. The Kier molecular flexibility index (Phi) is 6.60. The van der Waals surface area contributed by atoms with Gasteiger partial charge in [-0.15, -0.1) is 0 Å². The first kappa shape index (κ1) is 17.0. The third kappa shape index (κ3) is 6.10. The van der Waals surface area contributed by atoms with Gasteiger partial charge in [-0.05, 0) is 48.2 Å². The minimum absolute atomic E-state index is 0.0285. The monoisotopic (exact) mass is 315 g/mol. The van der Waals surface area contributed by atoms with E-state index in [4.69, 9.17) is 4.74 Å². The molecule has 1 amide bonds. The Hall–Kier alpha value is -2.36. The highest BCUT2D eigenvalue weighted by molar-refractivity contribution is 5.76. The Balaban J connectivity index is 1.61. The molecule has 0 heterocycles. The van der Waals surface area contributed by atoms with Crippen molar-refractivity contribution in [3.05, 3.63) is 65.5 Å². The van der Waals surface area contributed by atoms with E-state index in [1.165, 1.54) is 17.7 Å². The number of halogens is 1. The first-order chi connectivity index (χ1) is 11.2. The minimum Gasteiger partial charge on any atom is -0.492 e. The van der Waals surface area contributed by atoms with Crippen LogP contribution < -0.4 is 10.1 Å². The van der Waals surface area contributed by atoms with Gasteiger partial charge in [-0.1, -0.05) is 31.2 Å². The molecule has 0 aromatic heterocycles. The molecule has 122 valence electrons. The molecular weight excluding hydrogens is 293 g/mol.